The minimum atomic E-state index is -4.57. The molecule has 23 heterocycles. The van der Waals surface area contributed by atoms with E-state index in [-0.39, 0.29) is 77.6 Å². The molecular weight excluding hydrogens is 2090 g/mol. The van der Waals surface area contributed by atoms with Crippen molar-refractivity contribution in [3.05, 3.63) is 112 Å². The van der Waals surface area contributed by atoms with Crippen LogP contribution in [0.15, 0.2) is 95.1 Å². The summed E-state index contributed by atoms with van der Waals surface area (Å²) in [5.74, 6) is -8.79. The molecule has 11 aliphatic heterocycles. The van der Waals surface area contributed by atoms with Crippen LogP contribution in [0.25, 0.3) is 66.9 Å². The Hall–Kier alpha value is -7.71. The first-order valence-corrected chi connectivity index (χ1v) is 55.9. The quantitative estimate of drug-likeness (QED) is 0.0828. The number of nitrogens with zero attached hydrogens (tertiary/aromatic N) is 17. The van der Waals surface area contributed by atoms with Crippen molar-refractivity contribution in [1.82, 2.24) is 97.2 Å². The Balaban J connectivity index is 0.000000123. The zero-order valence-corrected chi connectivity index (χ0v) is 79.3. The average molecular weight is 2170 g/mol. The lowest BCUT2D eigenvalue weighted by Crippen LogP contribution is -2.46. The van der Waals surface area contributed by atoms with Crippen molar-refractivity contribution < 1.29 is 143 Å². The summed E-state index contributed by atoms with van der Waals surface area (Å²) in [5.41, 5.74) is 32.0. The number of nitrogens with two attached hydrogens (primary N) is 6. The molecule has 55 nitrogen and oxygen atoms in total. The largest absolute Gasteiger partial charge is 0.398 e. The normalized spacial score (nSPS) is 38.0. The Kier molecular flexibility index (Phi) is 24.5. The monoisotopic (exact) mass is 2160 g/mol. The maximum absolute atomic E-state index is 16.0. The van der Waals surface area contributed by atoms with E-state index in [2.05, 4.69) is 69.8 Å². The van der Waals surface area contributed by atoms with Gasteiger partial charge in [-0.05, 0) is 95.1 Å². The predicted molar refractivity (Wildman–Crippen MR) is 480 cm³/mol. The van der Waals surface area contributed by atoms with E-state index in [0.717, 1.165) is 21.8 Å². The fourth-order valence-electron chi connectivity index (χ4n) is 17.5. The van der Waals surface area contributed by atoms with Crippen LogP contribution in [0, 0.1) is 0 Å². The molecule has 27 atom stereocenters. The smallest absolute Gasteiger partial charge is 0.325 e. The van der Waals surface area contributed by atoms with E-state index in [1.165, 1.54) is 45.1 Å². The van der Waals surface area contributed by atoms with Gasteiger partial charge in [-0.2, -0.15) is 15.0 Å². The zero-order chi connectivity index (χ0) is 97.2. The van der Waals surface area contributed by atoms with Gasteiger partial charge in [-0.25, -0.2) is 61.8 Å². The number of halogens is 5. The molecule has 23 rings (SSSR count). The van der Waals surface area contributed by atoms with E-state index in [1.807, 2.05) is 0 Å². The minimum absolute atomic E-state index is 0.0375. The van der Waals surface area contributed by atoms with Crippen LogP contribution in [-0.4, -0.2) is 282 Å². The van der Waals surface area contributed by atoms with Gasteiger partial charge in [0.1, 0.15) is 76.8 Å². The van der Waals surface area contributed by atoms with Crippen molar-refractivity contribution in [3.63, 3.8) is 0 Å². The lowest BCUT2D eigenvalue weighted by atomic mass is 10.0. The summed E-state index contributed by atoms with van der Waals surface area (Å²) >= 11 is 31.4. The number of fused-ring (bicyclic) bond motifs is 13. The summed E-state index contributed by atoms with van der Waals surface area (Å²) in [5, 5.41) is 0.712. The minimum Gasteiger partial charge on any atom is -0.398 e. The standard InChI is InChI=1S/2C22H23F2N9O10P2S2.C22H25FN8O9P2S2/c2*23-22(24)9-3-38-44(35,46)42-13-12-18(32-6-28-10-8(25)1-2-27-15(10)32)41-21(13,4-37-12)5-39-45(36,47)43-14(22)19(40-9)33-7-29-11-16(33)30-20(26)31-17(11)34;23-15-13-7-36-41(33,43)39-11-5-14(30-4-2-9-10(24)1-3-26-18(9)30)37-12(11)6-35-42(34,44)40-17(15)21(38-13)31-8-27-16-19(31)28-22(25)29-20(16)32/h2*1-2,6-7,9,12-14,18-19H,3-5H2,(H2,25,27)(H,35,46)(H,36,47)(H3,26,30,31,34);1-4,8,11-15,17,21H,5-7H2,(H2,24,26)(H,33,43)(H,34,44)(H3,25,28,29,32)/t2*9-,12-,13+,14+,18-,19-,21-,44?,45?;11-,12+,13+,14+,15+,17+,21+,41?,42?/m110/s1. The molecule has 0 amide bonds. The molecule has 12 aromatic heterocycles. The average Bonchev–Trinajstić information content (AvgIpc) is 1.57. The number of pyridine rings is 3. The van der Waals surface area contributed by atoms with Gasteiger partial charge in [0, 0.05) is 42.3 Å². The summed E-state index contributed by atoms with van der Waals surface area (Å²) in [6, 6.07) is 6.60. The van der Waals surface area contributed by atoms with Gasteiger partial charge in [-0.15, -0.1) is 0 Å². The highest BCUT2D eigenvalue weighted by Gasteiger charge is 2.70. The summed E-state index contributed by atoms with van der Waals surface area (Å²) in [6.45, 7) is -30.6. The third kappa shape index (κ3) is 17.3. The van der Waals surface area contributed by atoms with Crippen LogP contribution in [0.3, 0.4) is 0 Å². The third-order valence-corrected chi connectivity index (χ3v) is 33.1. The molecule has 0 aromatic carbocycles. The molecule has 0 aliphatic carbocycles. The maximum Gasteiger partial charge on any atom is 0.325 e. The first-order valence-electron chi connectivity index (χ1n) is 40.3. The molecule has 11 aliphatic rings. The molecule has 0 spiro atoms. The lowest BCUT2D eigenvalue weighted by molar-refractivity contribution is -0.183. The number of nitrogens with one attached hydrogen (secondary N) is 3. The fourth-order valence-corrected chi connectivity index (χ4v) is 26.1. The maximum atomic E-state index is 16.0. The number of anilines is 6. The van der Waals surface area contributed by atoms with E-state index >= 15 is 22.0 Å². The SMILES string of the molecule is Nc1nc2c(ncn2[C@@H]2O[C@@H]3COP(O)(=S)O[C@H]4C[C@H](n5ccc6c(N)ccnc65)O[C@@H]4COP(O)(=S)O[C@@H]2[C@@H]3F)c(=O)[nH]1.Nc1nc2c(ncn2[C@@H]2O[C@@H]3COP(O)(=S)O[C@H]4[C@H]5OC[C@]4(COP(O)(=S)O[C@@H]2C3(F)F)O[C@H]5n2cnc3c(N)ccnc32)c(=O)[nH]1.Nc1nc2c(ncn2[C@@H]2O[C@@H]3COP(O)(=S)O[C@H]4[C@H]5OC[C@]4(COP(O)(=S)O[C@@H]2C3(F)F)O[C@H]5n2cnc3c(N)ccnc32)c(=O)[nH]1. The van der Waals surface area contributed by atoms with Crippen molar-refractivity contribution in [3.8, 4) is 0 Å². The molecule has 11 saturated heterocycles. The van der Waals surface area contributed by atoms with Gasteiger partial charge < -0.3 is 138 Å². The Morgan fingerprint density at radius 2 is 0.761 bits per heavy atom. The van der Waals surface area contributed by atoms with Crippen molar-refractivity contribution in [2.24, 2.45) is 0 Å². The summed E-state index contributed by atoms with van der Waals surface area (Å²) < 4.78 is 203. The summed E-state index contributed by atoms with van der Waals surface area (Å²) in [7, 11) is 0. The second-order valence-electron chi connectivity index (χ2n) is 32.4. The van der Waals surface area contributed by atoms with Crippen LogP contribution in [0.4, 0.5) is 56.9 Å². The second-order valence-corrected chi connectivity index (χ2v) is 49.2. The third-order valence-electron chi connectivity index (χ3n) is 23.8. The van der Waals surface area contributed by atoms with Crippen LogP contribution in [0.2, 0.25) is 0 Å². The van der Waals surface area contributed by atoms with Crippen molar-refractivity contribution >= 4 is 213 Å². The molecular formula is C66H71F5N26O29P6S6. The van der Waals surface area contributed by atoms with Gasteiger partial charge in [0.05, 0.1) is 102 Å². The van der Waals surface area contributed by atoms with Gasteiger partial charge in [-0.1, -0.05) is 0 Å². The number of aromatic nitrogens is 20. The van der Waals surface area contributed by atoms with Crippen molar-refractivity contribution in [2.45, 2.75) is 146 Å². The van der Waals surface area contributed by atoms with Crippen LogP contribution in [0.5, 0.6) is 0 Å². The number of nitrogen functional groups attached to an aromatic ring is 6. The number of hydrogen-bond donors (Lipinski definition) is 15. The van der Waals surface area contributed by atoms with Crippen LogP contribution in [0.1, 0.15) is 43.8 Å². The van der Waals surface area contributed by atoms with Gasteiger partial charge in [0.15, 0.2) is 107 Å². The summed E-state index contributed by atoms with van der Waals surface area (Å²) in [4.78, 5) is 156. The number of aromatic amines is 3. The number of hydrogen-bond acceptors (Lipinski definition) is 46. The lowest BCUT2D eigenvalue weighted by Gasteiger charge is -2.33. The number of ether oxygens (including phenoxy) is 8. The molecule has 0 radical (unpaired) electrons. The first kappa shape index (κ1) is 96.4. The Labute approximate surface area is 794 Å². The summed E-state index contributed by atoms with van der Waals surface area (Å²) in [6.07, 6.45) is -15.3. The highest BCUT2D eigenvalue weighted by molar-refractivity contribution is 8.08. The van der Waals surface area contributed by atoms with Gasteiger partial charge in [-0.3, -0.25) is 74.8 Å². The van der Waals surface area contributed by atoms with E-state index < -0.39 is 230 Å². The Morgan fingerprint density at radius 3 is 1.22 bits per heavy atom. The van der Waals surface area contributed by atoms with Crippen LogP contribution < -0.4 is 51.1 Å². The topological polar surface area (TPSA) is 732 Å². The van der Waals surface area contributed by atoms with Crippen LogP contribution in [-0.2, 0) is 163 Å². The predicted octanol–water partition coefficient (Wildman–Crippen LogP) is 1.47. The molecule has 12 aromatic rings. The van der Waals surface area contributed by atoms with Gasteiger partial charge in [0.2, 0.25) is 17.8 Å². The highest BCUT2D eigenvalue weighted by Crippen LogP contribution is 2.64. The van der Waals surface area contributed by atoms with E-state index in [1.54, 1.807) is 41.2 Å². The number of rotatable bonds is 6. The molecule has 740 valence electrons. The van der Waals surface area contributed by atoms with E-state index in [9.17, 15) is 43.7 Å². The molecule has 6 unspecified atom stereocenters. The molecule has 11 fully saturated rings. The Morgan fingerprint density at radius 1 is 0.384 bits per heavy atom. The van der Waals surface area contributed by atoms with Crippen molar-refractivity contribution in [2.75, 3.05) is 87.3 Å². The molecule has 72 heteroatoms. The number of imidazole rings is 5. The zero-order valence-electron chi connectivity index (χ0n) is 69.0. The number of H-pyrrole nitrogens is 3. The van der Waals surface area contributed by atoms with Crippen LogP contribution >= 0.6 is 40.3 Å². The molecule has 10 bridgehead atoms. The van der Waals surface area contributed by atoms with E-state index in [0.29, 0.717) is 50.4 Å². The molecule has 21 N–H and O–H groups in total. The first-order chi connectivity index (χ1) is 65.2. The van der Waals surface area contributed by atoms with Gasteiger partial charge in [0.25, 0.3) is 16.7 Å². The van der Waals surface area contributed by atoms with E-state index in [4.69, 9.17) is 197 Å². The number of alkyl halides is 5. The van der Waals surface area contributed by atoms with Gasteiger partial charge >= 0.3 is 52.2 Å². The van der Waals surface area contributed by atoms with Crippen molar-refractivity contribution in [1.29, 1.82) is 0 Å². The fraction of sp³-hybridized carbons (Fsp3) is 0.485. The molecule has 0 saturated carbocycles. The Bertz CT molecular complexity index is 7140. The highest BCUT2D eigenvalue weighted by atomic mass is 32.5. The molecule has 138 heavy (non-hydrogen) atoms. The second kappa shape index (κ2) is 35.1.